The first-order valence-corrected chi connectivity index (χ1v) is 9.42. The smallest absolute Gasteiger partial charge is 0.497 e. The van der Waals surface area contributed by atoms with E-state index in [1.54, 1.807) is 45.9 Å². The van der Waals surface area contributed by atoms with Crippen LogP contribution in [0.25, 0.3) is 5.57 Å². The van der Waals surface area contributed by atoms with Gasteiger partial charge in [-0.1, -0.05) is 0 Å². The number of benzene rings is 1. The second-order valence-corrected chi connectivity index (χ2v) is 7.90. The van der Waals surface area contributed by atoms with Crippen molar-refractivity contribution in [2.45, 2.75) is 51.5 Å². The summed E-state index contributed by atoms with van der Waals surface area (Å²) in [5.41, 5.74) is -1.88. The molecule has 1 fully saturated rings. The summed E-state index contributed by atoms with van der Waals surface area (Å²) in [6.07, 6.45) is -4.61. The van der Waals surface area contributed by atoms with Crippen molar-refractivity contribution in [3.8, 4) is 11.5 Å². The van der Waals surface area contributed by atoms with Crippen molar-refractivity contribution in [2.75, 3.05) is 27.4 Å². The molecule has 1 saturated heterocycles. The van der Waals surface area contributed by atoms with Crippen LogP contribution in [0.3, 0.4) is 0 Å². The van der Waals surface area contributed by atoms with Gasteiger partial charge in [-0.2, -0.15) is 13.2 Å². The summed E-state index contributed by atoms with van der Waals surface area (Å²) in [7, 11) is 1.57. The summed E-state index contributed by atoms with van der Waals surface area (Å²) in [5, 5.41) is 0. The van der Waals surface area contributed by atoms with Gasteiger partial charge in [0.15, 0.2) is 0 Å². The lowest BCUT2D eigenvalue weighted by Crippen LogP contribution is -2.41. The molecule has 0 amide bonds. The fourth-order valence-corrected chi connectivity index (χ4v) is 2.88. The molecule has 5 nitrogen and oxygen atoms in total. The Labute approximate surface area is 174 Å². The van der Waals surface area contributed by atoms with Gasteiger partial charge in [-0.3, -0.25) is 0 Å². The van der Waals surface area contributed by atoms with Crippen LogP contribution in [0, 0.1) is 0 Å². The first kappa shape index (κ1) is 24.5. The molecule has 1 heterocycles. The van der Waals surface area contributed by atoms with E-state index >= 15 is 4.39 Å². The van der Waals surface area contributed by atoms with E-state index in [0.29, 0.717) is 17.1 Å². The molecule has 1 aromatic rings. The van der Waals surface area contributed by atoms with Crippen molar-refractivity contribution in [1.29, 1.82) is 0 Å². The van der Waals surface area contributed by atoms with E-state index in [-0.39, 0.29) is 18.6 Å². The van der Waals surface area contributed by atoms with E-state index < -0.39 is 36.8 Å². The van der Waals surface area contributed by atoms with Crippen molar-refractivity contribution in [3.63, 3.8) is 0 Å². The number of rotatable bonds is 8. The third-order valence-corrected chi connectivity index (χ3v) is 5.24. The highest BCUT2D eigenvalue weighted by Gasteiger charge is 2.53. The number of halogens is 4. The summed E-state index contributed by atoms with van der Waals surface area (Å²) in [5.74, 6) is 0.783. The Morgan fingerprint density at radius 3 is 2.13 bits per heavy atom. The van der Waals surface area contributed by atoms with Gasteiger partial charge in [0.05, 0.1) is 32.0 Å². The number of alkyl halides is 3. The summed E-state index contributed by atoms with van der Waals surface area (Å²) in [6.45, 7) is 5.34. The van der Waals surface area contributed by atoms with Crippen molar-refractivity contribution >= 4 is 12.7 Å². The third kappa shape index (κ3) is 5.68. The van der Waals surface area contributed by atoms with Crippen molar-refractivity contribution in [1.82, 2.24) is 0 Å². The molecule has 2 rings (SSSR count). The predicted molar refractivity (Wildman–Crippen MR) is 105 cm³/mol. The molecular weight excluding hydrogens is 407 g/mol. The van der Waals surface area contributed by atoms with Gasteiger partial charge in [-0.05, 0) is 51.8 Å². The molecule has 1 aliphatic heterocycles. The zero-order valence-corrected chi connectivity index (χ0v) is 18.0. The zero-order valence-electron chi connectivity index (χ0n) is 18.0. The summed E-state index contributed by atoms with van der Waals surface area (Å²) in [4.78, 5) is 0. The van der Waals surface area contributed by atoms with E-state index in [1.165, 1.54) is 14.2 Å². The number of methoxy groups -OCH3 is 2. The lowest BCUT2D eigenvalue weighted by molar-refractivity contribution is -0.173. The topological polar surface area (TPSA) is 46.2 Å². The Morgan fingerprint density at radius 2 is 1.63 bits per heavy atom. The average Bonchev–Trinajstić information content (AvgIpc) is 2.87. The maximum atomic E-state index is 15.6. The third-order valence-electron chi connectivity index (χ3n) is 5.24. The first-order valence-electron chi connectivity index (χ1n) is 9.42. The van der Waals surface area contributed by atoms with Gasteiger partial charge in [-0.15, -0.1) is 0 Å². The molecule has 0 aliphatic carbocycles. The molecule has 1 aromatic carbocycles. The van der Waals surface area contributed by atoms with E-state index in [2.05, 4.69) is 0 Å². The molecule has 0 N–H and O–H groups in total. The summed E-state index contributed by atoms with van der Waals surface area (Å²) < 4.78 is 79.5. The fraction of sp³-hybridized carbons (Fsp3) is 0.600. The first-order chi connectivity index (χ1) is 13.8. The number of hydrogen-bond donors (Lipinski definition) is 0. The van der Waals surface area contributed by atoms with Gasteiger partial charge in [0.1, 0.15) is 23.8 Å². The number of ether oxygens (including phenoxy) is 3. The minimum absolute atomic E-state index is 0.0789. The molecule has 0 saturated carbocycles. The quantitative estimate of drug-likeness (QED) is 0.328. The minimum atomic E-state index is -4.47. The average molecular weight is 434 g/mol. The van der Waals surface area contributed by atoms with Crippen LogP contribution in [0.1, 0.15) is 39.7 Å². The van der Waals surface area contributed by atoms with Crippen LogP contribution < -0.4 is 9.47 Å². The fourth-order valence-electron chi connectivity index (χ4n) is 2.88. The Morgan fingerprint density at radius 1 is 1.03 bits per heavy atom. The highest BCUT2D eigenvalue weighted by molar-refractivity contribution is 6.55. The van der Waals surface area contributed by atoms with E-state index in [9.17, 15) is 13.2 Å². The Balaban J connectivity index is 2.40. The largest absolute Gasteiger partial charge is 0.525 e. The number of hydrogen-bond acceptors (Lipinski definition) is 5. The van der Waals surface area contributed by atoms with Gasteiger partial charge < -0.3 is 23.5 Å². The Hall–Kier alpha value is -1.78. The molecular formula is C20H27BF4O5. The molecule has 0 bridgehead atoms. The van der Waals surface area contributed by atoms with Crippen LogP contribution in [-0.4, -0.2) is 51.9 Å². The highest BCUT2D eigenvalue weighted by atomic mass is 19.4. The molecule has 0 aromatic heterocycles. The predicted octanol–water partition coefficient (Wildman–Crippen LogP) is 4.98. The molecule has 0 atom stereocenters. The second-order valence-electron chi connectivity index (χ2n) is 7.90. The van der Waals surface area contributed by atoms with E-state index in [0.717, 1.165) is 0 Å². The lowest BCUT2D eigenvalue weighted by atomic mass is 9.81. The standard InChI is InChI=1S/C20H27BF4O5/c1-18(2)19(3,4)30-21(29-18)17(22)15(9-10-28-12-20(23,24)25)14-8-7-13(26-5)11-16(14)27-6/h7-8,11H,9-10,12H2,1-6H3. The van der Waals surface area contributed by atoms with Crippen LogP contribution in [-0.2, 0) is 14.0 Å². The van der Waals surface area contributed by atoms with Gasteiger partial charge in [-0.25, -0.2) is 4.39 Å². The maximum absolute atomic E-state index is 15.6. The Bertz CT molecular complexity index is 761. The monoisotopic (exact) mass is 434 g/mol. The molecule has 0 radical (unpaired) electrons. The lowest BCUT2D eigenvalue weighted by Gasteiger charge is -2.32. The van der Waals surface area contributed by atoms with Crippen molar-refractivity contribution in [3.05, 3.63) is 29.5 Å². The normalized spacial score (nSPS) is 18.9. The summed E-state index contributed by atoms with van der Waals surface area (Å²) >= 11 is 0. The van der Waals surface area contributed by atoms with Crippen LogP contribution in [0.15, 0.2) is 23.9 Å². The van der Waals surface area contributed by atoms with Gasteiger partial charge >= 0.3 is 13.3 Å². The van der Waals surface area contributed by atoms with Crippen LogP contribution in [0.2, 0.25) is 0 Å². The molecule has 10 heteroatoms. The molecule has 168 valence electrons. The van der Waals surface area contributed by atoms with Gasteiger partial charge in [0.2, 0.25) is 0 Å². The maximum Gasteiger partial charge on any atom is 0.525 e. The van der Waals surface area contributed by atoms with Crippen molar-refractivity contribution in [2.24, 2.45) is 0 Å². The van der Waals surface area contributed by atoms with E-state index in [4.69, 9.17) is 23.5 Å². The SMILES string of the molecule is COc1ccc(C(CCOCC(F)(F)F)=C(F)B2OC(C)(C)C(C)(C)O2)c(OC)c1. The second kappa shape index (κ2) is 9.15. The summed E-state index contributed by atoms with van der Waals surface area (Å²) in [6, 6.07) is 4.73. The zero-order chi connectivity index (χ0) is 22.7. The molecule has 30 heavy (non-hydrogen) atoms. The highest BCUT2D eigenvalue weighted by Crippen LogP contribution is 2.42. The van der Waals surface area contributed by atoms with Gasteiger partial charge in [0, 0.05) is 11.6 Å². The van der Waals surface area contributed by atoms with Gasteiger partial charge in [0.25, 0.3) is 0 Å². The van der Waals surface area contributed by atoms with E-state index in [1.807, 2.05) is 0 Å². The van der Waals surface area contributed by atoms with Crippen LogP contribution >= 0.6 is 0 Å². The van der Waals surface area contributed by atoms with Crippen LogP contribution in [0.4, 0.5) is 17.6 Å². The Kier molecular flexibility index (Phi) is 7.47. The van der Waals surface area contributed by atoms with Crippen LogP contribution in [0.5, 0.6) is 11.5 Å². The molecule has 0 spiro atoms. The van der Waals surface area contributed by atoms with Crippen molar-refractivity contribution < 1.29 is 41.1 Å². The molecule has 1 aliphatic rings. The minimum Gasteiger partial charge on any atom is -0.497 e. The molecule has 0 unspecified atom stereocenters.